The second-order valence-corrected chi connectivity index (χ2v) is 3.88. The third kappa shape index (κ3) is 3.00. The highest BCUT2D eigenvalue weighted by Crippen LogP contribution is 2.12. The Balaban J connectivity index is 2.91. The summed E-state index contributed by atoms with van der Waals surface area (Å²) in [5.41, 5.74) is -1.03. The second kappa shape index (κ2) is 4.91. The van der Waals surface area contributed by atoms with Gasteiger partial charge in [0.1, 0.15) is 5.54 Å². The van der Waals surface area contributed by atoms with Crippen LogP contribution >= 0.6 is 0 Å². The average Bonchev–Trinajstić information content (AvgIpc) is 2.32. The van der Waals surface area contributed by atoms with Gasteiger partial charge in [-0.3, -0.25) is 4.79 Å². The molecule has 1 atom stereocenters. The molecule has 0 aliphatic heterocycles. The SMILES string of the molecule is CC[C@@](C)(C#N)NC(=O)c1ccc(F)c(F)c1. The minimum atomic E-state index is -1.09. The lowest BCUT2D eigenvalue weighted by molar-refractivity contribution is 0.0922. The first-order valence-electron chi connectivity index (χ1n) is 5.10. The van der Waals surface area contributed by atoms with Crippen LogP contribution in [-0.2, 0) is 0 Å². The summed E-state index contributed by atoms with van der Waals surface area (Å²) in [5, 5.41) is 11.3. The summed E-state index contributed by atoms with van der Waals surface area (Å²) < 4.78 is 25.6. The lowest BCUT2D eigenvalue weighted by Gasteiger charge is -2.21. The number of benzene rings is 1. The normalized spacial score (nSPS) is 13.6. The van der Waals surface area contributed by atoms with E-state index in [1.165, 1.54) is 6.07 Å². The van der Waals surface area contributed by atoms with Crippen molar-refractivity contribution in [3.05, 3.63) is 35.4 Å². The van der Waals surface area contributed by atoms with Crippen LogP contribution in [-0.4, -0.2) is 11.4 Å². The second-order valence-electron chi connectivity index (χ2n) is 3.88. The Kier molecular flexibility index (Phi) is 3.79. The van der Waals surface area contributed by atoms with Crippen molar-refractivity contribution < 1.29 is 13.6 Å². The summed E-state index contributed by atoms with van der Waals surface area (Å²) in [6, 6.07) is 4.80. The fraction of sp³-hybridized carbons (Fsp3) is 0.333. The van der Waals surface area contributed by atoms with Crippen molar-refractivity contribution in [3.63, 3.8) is 0 Å². The minimum absolute atomic E-state index is 0.0150. The highest BCUT2D eigenvalue weighted by atomic mass is 19.2. The van der Waals surface area contributed by atoms with E-state index in [9.17, 15) is 13.6 Å². The molecule has 1 amide bonds. The lowest BCUT2D eigenvalue weighted by atomic mass is 10.0. The molecule has 0 bridgehead atoms. The number of halogens is 2. The molecule has 0 heterocycles. The van der Waals surface area contributed by atoms with Crippen molar-refractivity contribution in [2.75, 3.05) is 0 Å². The molecular formula is C12H12F2N2O. The third-order valence-electron chi connectivity index (χ3n) is 2.53. The smallest absolute Gasteiger partial charge is 0.252 e. The van der Waals surface area contributed by atoms with Crippen LogP contribution in [0, 0.1) is 23.0 Å². The Labute approximate surface area is 98.1 Å². The molecular weight excluding hydrogens is 226 g/mol. The Morgan fingerprint density at radius 1 is 1.47 bits per heavy atom. The van der Waals surface area contributed by atoms with E-state index in [4.69, 9.17) is 5.26 Å². The van der Waals surface area contributed by atoms with E-state index in [1.807, 2.05) is 6.07 Å². The standard InChI is InChI=1S/C12H12F2N2O/c1-3-12(2,7-15)16-11(17)8-4-5-9(13)10(14)6-8/h4-6H,3H2,1-2H3,(H,16,17)/t12-/m0/s1. The summed E-state index contributed by atoms with van der Waals surface area (Å²) in [7, 11) is 0. The van der Waals surface area contributed by atoms with Crippen molar-refractivity contribution in [2.45, 2.75) is 25.8 Å². The molecule has 0 fully saturated rings. The molecule has 1 aromatic carbocycles. The zero-order valence-electron chi connectivity index (χ0n) is 9.55. The van der Waals surface area contributed by atoms with Crippen LogP contribution in [0.1, 0.15) is 30.6 Å². The highest BCUT2D eigenvalue weighted by molar-refractivity contribution is 5.94. The molecule has 0 aromatic heterocycles. The average molecular weight is 238 g/mol. The van der Waals surface area contributed by atoms with Crippen molar-refractivity contribution in [1.82, 2.24) is 5.32 Å². The Morgan fingerprint density at radius 3 is 2.59 bits per heavy atom. The van der Waals surface area contributed by atoms with Crippen molar-refractivity contribution in [2.24, 2.45) is 0 Å². The van der Waals surface area contributed by atoms with Crippen LogP contribution in [0.3, 0.4) is 0 Å². The van der Waals surface area contributed by atoms with Crippen LogP contribution in [0.4, 0.5) is 8.78 Å². The van der Waals surface area contributed by atoms with E-state index in [-0.39, 0.29) is 5.56 Å². The van der Waals surface area contributed by atoms with E-state index >= 15 is 0 Å². The monoisotopic (exact) mass is 238 g/mol. The van der Waals surface area contributed by atoms with E-state index < -0.39 is 23.1 Å². The van der Waals surface area contributed by atoms with Crippen LogP contribution in [0.15, 0.2) is 18.2 Å². The van der Waals surface area contributed by atoms with Gasteiger partial charge in [-0.25, -0.2) is 8.78 Å². The summed E-state index contributed by atoms with van der Waals surface area (Å²) in [4.78, 5) is 11.7. The third-order valence-corrected chi connectivity index (χ3v) is 2.53. The molecule has 0 unspecified atom stereocenters. The number of nitrogens with one attached hydrogen (secondary N) is 1. The predicted molar refractivity (Wildman–Crippen MR) is 58.1 cm³/mol. The summed E-state index contributed by atoms with van der Waals surface area (Å²) in [5.74, 6) is -2.71. The molecule has 0 aliphatic carbocycles. The molecule has 17 heavy (non-hydrogen) atoms. The zero-order valence-corrected chi connectivity index (χ0v) is 9.55. The maximum atomic E-state index is 12.9. The van der Waals surface area contributed by atoms with Crippen LogP contribution in [0.5, 0.6) is 0 Å². The van der Waals surface area contributed by atoms with Crippen molar-refractivity contribution in [3.8, 4) is 6.07 Å². The molecule has 1 rings (SSSR count). The highest BCUT2D eigenvalue weighted by Gasteiger charge is 2.24. The molecule has 0 radical (unpaired) electrons. The van der Waals surface area contributed by atoms with Crippen LogP contribution in [0.25, 0.3) is 0 Å². The van der Waals surface area contributed by atoms with Gasteiger partial charge >= 0.3 is 0 Å². The molecule has 0 saturated carbocycles. The minimum Gasteiger partial charge on any atom is -0.334 e. The summed E-state index contributed by atoms with van der Waals surface area (Å²) in [6.07, 6.45) is 0.416. The Morgan fingerprint density at radius 2 is 2.12 bits per heavy atom. The molecule has 1 aromatic rings. The van der Waals surface area contributed by atoms with Gasteiger partial charge in [0.2, 0.25) is 0 Å². The number of nitriles is 1. The maximum Gasteiger partial charge on any atom is 0.252 e. The molecule has 1 N–H and O–H groups in total. The van der Waals surface area contributed by atoms with Crippen molar-refractivity contribution in [1.29, 1.82) is 5.26 Å². The summed E-state index contributed by atoms with van der Waals surface area (Å²) >= 11 is 0. The van der Waals surface area contributed by atoms with Gasteiger partial charge in [-0.15, -0.1) is 0 Å². The number of hydrogen-bond donors (Lipinski definition) is 1. The fourth-order valence-corrected chi connectivity index (χ4v) is 1.16. The van der Waals surface area contributed by atoms with Crippen molar-refractivity contribution >= 4 is 5.91 Å². The fourth-order valence-electron chi connectivity index (χ4n) is 1.16. The largest absolute Gasteiger partial charge is 0.334 e. The number of amides is 1. The number of rotatable bonds is 3. The number of carbonyl (C=O) groups excluding carboxylic acids is 1. The quantitative estimate of drug-likeness (QED) is 0.879. The molecule has 0 aliphatic rings. The Hall–Kier alpha value is -1.96. The first-order valence-corrected chi connectivity index (χ1v) is 5.10. The van der Waals surface area contributed by atoms with E-state index in [0.29, 0.717) is 6.42 Å². The predicted octanol–water partition coefficient (Wildman–Crippen LogP) is 2.39. The van der Waals surface area contributed by atoms with Gasteiger partial charge in [-0.05, 0) is 31.5 Å². The van der Waals surface area contributed by atoms with Gasteiger partial charge in [0.25, 0.3) is 5.91 Å². The van der Waals surface area contributed by atoms with E-state index in [0.717, 1.165) is 12.1 Å². The topological polar surface area (TPSA) is 52.9 Å². The van der Waals surface area contributed by atoms with E-state index in [2.05, 4.69) is 5.32 Å². The molecule has 0 saturated heterocycles. The number of carbonyl (C=O) groups is 1. The molecule has 5 heteroatoms. The van der Waals surface area contributed by atoms with Crippen LogP contribution < -0.4 is 5.32 Å². The number of nitrogens with zero attached hydrogens (tertiary/aromatic N) is 1. The first-order chi connectivity index (χ1) is 7.91. The molecule has 0 spiro atoms. The molecule has 3 nitrogen and oxygen atoms in total. The Bertz CT molecular complexity index is 482. The molecule has 90 valence electrons. The summed E-state index contributed by atoms with van der Waals surface area (Å²) in [6.45, 7) is 3.31. The number of hydrogen-bond acceptors (Lipinski definition) is 2. The van der Waals surface area contributed by atoms with Gasteiger partial charge in [-0.1, -0.05) is 6.92 Å². The van der Waals surface area contributed by atoms with Gasteiger partial charge in [-0.2, -0.15) is 5.26 Å². The van der Waals surface area contributed by atoms with Gasteiger partial charge in [0, 0.05) is 5.56 Å². The van der Waals surface area contributed by atoms with E-state index in [1.54, 1.807) is 13.8 Å². The first kappa shape index (κ1) is 13.1. The van der Waals surface area contributed by atoms with Crippen LogP contribution in [0.2, 0.25) is 0 Å². The van der Waals surface area contributed by atoms with Gasteiger partial charge < -0.3 is 5.32 Å². The lowest BCUT2D eigenvalue weighted by Crippen LogP contribution is -2.44. The maximum absolute atomic E-state index is 12.9. The van der Waals surface area contributed by atoms with Gasteiger partial charge in [0.05, 0.1) is 6.07 Å². The zero-order chi connectivity index (χ0) is 13.1. The van der Waals surface area contributed by atoms with Gasteiger partial charge in [0.15, 0.2) is 11.6 Å².